The quantitative estimate of drug-likeness (QED) is 0.744. The van der Waals surface area contributed by atoms with Crippen molar-refractivity contribution in [2.75, 3.05) is 38.7 Å². The Hall–Kier alpha value is -2.31. The third-order valence-electron chi connectivity index (χ3n) is 6.54. The maximum atomic E-state index is 12.9. The van der Waals surface area contributed by atoms with E-state index < -0.39 is 0 Å². The topological polar surface area (TPSA) is 49.7 Å². The van der Waals surface area contributed by atoms with Gasteiger partial charge >= 0.3 is 6.03 Å². The fourth-order valence-corrected chi connectivity index (χ4v) is 5.17. The Morgan fingerprint density at radius 2 is 2.07 bits per heavy atom. The first-order valence-corrected chi connectivity index (χ1v) is 11.3. The molecule has 0 radical (unpaired) electrons. The van der Waals surface area contributed by atoms with Crippen molar-refractivity contribution in [1.29, 1.82) is 0 Å². The molecule has 1 aromatic heterocycles. The van der Waals surface area contributed by atoms with Gasteiger partial charge in [0.15, 0.2) is 0 Å². The molecule has 1 atom stereocenters. The lowest BCUT2D eigenvalue weighted by Gasteiger charge is -2.39. The van der Waals surface area contributed by atoms with E-state index in [2.05, 4.69) is 41.5 Å². The Labute approximate surface area is 179 Å². The number of amides is 2. The summed E-state index contributed by atoms with van der Waals surface area (Å²) in [6.45, 7) is 10.3. The van der Waals surface area contributed by atoms with Crippen molar-refractivity contribution >= 4 is 22.5 Å². The Morgan fingerprint density at radius 1 is 1.27 bits per heavy atom. The lowest BCUT2D eigenvalue weighted by molar-refractivity contribution is 0.176. The minimum Gasteiger partial charge on any atom is -0.378 e. The first-order valence-electron chi connectivity index (χ1n) is 11.3. The first-order chi connectivity index (χ1) is 14.6. The summed E-state index contributed by atoms with van der Waals surface area (Å²) >= 11 is 0. The summed E-state index contributed by atoms with van der Waals surface area (Å²) in [5, 5.41) is 1.27. The van der Waals surface area contributed by atoms with Crippen molar-refractivity contribution in [3.63, 3.8) is 0 Å². The van der Waals surface area contributed by atoms with Gasteiger partial charge in [-0.1, -0.05) is 25.1 Å². The molecule has 2 aromatic rings. The first kappa shape index (κ1) is 20.9. The van der Waals surface area contributed by atoms with Gasteiger partial charge in [0, 0.05) is 38.2 Å². The number of nitrogens with one attached hydrogen (secondary N) is 1. The van der Waals surface area contributed by atoms with Crippen molar-refractivity contribution in [2.45, 2.75) is 52.7 Å². The summed E-state index contributed by atoms with van der Waals surface area (Å²) in [7, 11) is 1.72. The predicted molar refractivity (Wildman–Crippen MR) is 122 cm³/mol. The van der Waals surface area contributed by atoms with Crippen LogP contribution in [-0.4, -0.2) is 59.8 Å². The molecule has 6 heteroatoms. The number of methoxy groups -OCH3 is 1. The molecule has 0 unspecified atom stereocenters. The molecule has 1 aliphatic heterocycles. The number of hydrogen-bond acceptors (Lipinski definition) is 3. The Kier molecular flexibility index (Phi) is 6.16. The minimum absolute atomic E-state index is 0.0744. The third-order valence-corrected chi connectivity index (χ3v) is 6.54. The molecular formula is C24H34N4O2. The molecule has 0 bridgehead atoms. The van der Waals surface area contributed by atoms with Gasteiger partial charge in [0.2, 0.25) is 0 Å². The number of ether oxygens (including phenoxy) is 1. The molecular weight excluding hydrogens is 376 g/mol. The molecule has 2 heterocycles. The van der Waals surface area contributed by atoms with Gasteiger partial charge in [0.25, 0.3) is 0 Å². The van der Waals surface area contributed by atoms with Crippen LogP contribution < -0.4 is 5.43 Å². The summed E-state index contributed by atoms with van der Waals surface area (Å²) in [6.07, 6.45) is 5.65. The molecule has 6 nitrogen and oxygen atoms in total. The van der Waals surface area contributed by atoms with Gasteiger partial charge in [0.1, 0.15) is 0 Å². The maximum absolute atomic E-state index is 12.9. The van der Waals surface area contributed by atoms with Crippen LogP contribution in [0.25, 0.3) is 16.5 Å². The highest BCUT2D eigenvalue weighted by atomic mass is 16.5. The molecule has 0 fully saturated rings. The van der Waals surface area contributed by atoms with Crippen LogP contribution in [0.2, 0.25) is 0 Å². The highest BCUT2D eigenvalue weighted by Gasteiger charge is 2.35. The second-order valence-corrected chi connectivity index (χ2v) is 8.19. The Bertz CT molecular complexity index is 958. The maximum Gasteiger partial charge on any atom is 0.336 e. The number of carbonyl (C=O) groups excluding carboxylic acids is 1. The van der Waals surface area contributed by atoms with Crippen molar-refractivity contribution in [3.8, 4) is 0 Å². The predicted octanol–water partition coefficient (Wildman–Crippen LogP) is 4.22. The van der Waals surface area contributed by atoms with Gasteiger partial charge in [-0.25, -0.2) is 10.2 Å². The number of aromatic nitrogens is 1. The minimum atomic E-state index is -0.0744. The van der Waals surface area contributed by atoms with E-state index in [1.165, 1.54) is 22.1 Å². The largest absolute Gasteiger partial charge is 0.378 e. The standard InChI is InChI=1S/C24H34N4O2/c1-5-13-27-14-9-11-17-18-10-8-12-20-23(18)19(15-21(17)27)22(16-30-4)28(20)25-24(29)26(6-2)7-3/h8,10-12,21H,5-7,9,13-16H2,1-4H3,(H,25,29)/t21-/m1/s1. The lowest BCUT2D eigenvalue weighted by atomic mass is 9.81. The zero-order valence-electron chi connectivity index (χ0n) is 18.7. The fraction of sp³-hybridized carbons (Fsp3) is 0.542. The molecule has 4 rings (SSSR count). The van der Waals surface area contributed by atoms with E-state index in [4.69, 9.17) is 4.74 Å². The van der Waals surface area contributed by atoms with Gasteiger partial charge in [-0.05, 0) is 62.4 Å². The number of rotatable bonds is 7. The summed E-state index contributed by atoms with van der Waals surface area (Å²) in [5.74, 6) is 0. The number of hydrogen-bond donors (Lipinski definition) is 1. The summed E-state index contributed by atoms with van der Waals surface area (Å²) in [5.41, 5.74) is 9.35. The zero-order chi connectivity index (χ0) is 21.3. The van der Waals surface area contributed by atoms with Gasteiger partial charge in [0.05, 0.1) is 17.8 Å². The average Bonchev–Trinajstić information content (AvgIpc) is 3.04. The monoisotopic (exact) mass is 410 g/mol. The zero-order valence-corrected chi connectivity index (χ0v) is 18.7. The van der Waals surface area contributed by atoms with Gasteiger partial charge in [-0.3, -0.25) is 9.58 Å². The molecule has 30 heavy (non-hydrogen) atoms. The second-order valence-electron chi connectivity index (χ2n) is 8.19. The highest BCUT2D eigenvalue weighted by molar-refractivity contribution is 6.00. The lowest BCUT2D eigenvalue weighted by Crippen LogP contribution is -2.42. The third kappa shape index (κ3) is 3.42. The average molecular weight is 411 g/mol. The number of urea groups is 1. The normalized spacial score (nSPS) is 18.3. The number of carbonyl (C=O) groups is 1. The van der Waals surface area contributed by atoms with E-state index in [0.29, 0.717) is 25.7 Å². The van der Waals surface area contributed by atoms with Gasteiger partial charge < -0.3 is 9.64 Å². The summed E-state index contributed by atoms with van der Waals surface area (Å²) in [6, 6.07) is 6.79. The molecule has 0 spiro atoms. The van der Waals surface area contributed by atoms with E-state index >= 15 is 0 Å². The van der Waals surface area contributed by atoms with Crippen LogP contribution in [0.4, 0.5) is 4.79 Å². The smallest absolute Gasteiger partial charge is 0.336 e. The second kappa shape index (κ2) is 8.82. The van der Waals surface area contributed by atoms with Crippen molar-refractivity contribution in [3.05, 3.63) is 41.1 Å². The molecule has 2 aliphatic rings. The Balaban J connectivity index is 1.85. The van der Waals surface area contributed by atoms with E-state index in [9.17, 15) is 4.79 Å². The molecule has 2 amide bonds. The molecule has 1 aromatic carbocycles. The molecule has 0 saturated carbocycles. The van der Waals surface area contributed by atoms with Crippen LogP contribution in [0, 0.1) is 0 Å². The van der Waals surface area contributed by atoms with Crippen molar-refractivity contribution in [1.82, 2.24) is 14.5 Å². The SMILES string of the molecule is CCCN1CCC=C2c3cccc4c3c(c(COC)n4NC(=O)N(CC)CC)C[C@H]21. The molecule has 1 N–H and O–H groups in total. The van der Waals surface area contributed by atoms with Crippen LogP contribution in [-0.2, 0) is 17.8 Å². The highest BCUT2D eigenvalue weighted by Crippen LogP contribution is 2.42. The summed E-state index contributed by atoms with van der Waals surface area (Å²) < 4.78 is 7.57. The molecule has 1 aliphatic carbocycles. The van der Waals surface area contributed by atoms with E-state index in [0.717, 1.165) is 43.6 Å². The Morgan fingerprint density at radius 3 is 2.77 bits per heavy atom. The van der Waals surface area contributed by atoms with E-state index in [1.54, 1.807) is 12.0 Å². The summed E-state index contributed by atoms with van der Waals surface area (Å²) in [4.78, 5) is 17.3. The number of fused-ring (bicyclic) bond motifs is 2. The number of nitrogens with zero attached hydrogens (tertiary/aromatic N) is 3. The van der Waals surface area contributed by atoms with Crippen LogP contribution >= 0.6 is 0 Å². The van der Waals surface area contributed by atoms with Crippen LogP contribution in [0.1, 0.15) is 50.4 Å². The van der Waals surface area contributed by atoms with Crippen LogP contribution in [0.3, 0.4) is 0 Å². The van der Waals surface area contributed by atoms with Crippen molar-refractivity contribution < 1.29 is 9.53 Å². The fourth-order valence-electron chi connectivity index (χ4n) is 5.17. The molecule has 0 saturated heterocycles. The van der Waals surface area contributed by atoms with Crippen LogP contribution in [0.15, 0.2) is 24.3 Å². The van der Waals surface area contributed by atoms with E-state index in [-0.39, 0.29) is 6.03 Å². The van der Waals surface area contributed by atoms with Crippen LogP contribution in [0.5, 0.6) is 0 Å². The molecule has 162 valence electrons. The van der Waals surface area contributed by atoms with E-state index in [1.807, 2.05) is 18.5 Å². The number of benzene rings is 1. The van der Waals surface area contributed by atoms with Gasteiger partial charge in [-0.15, -0.1) is 0 Å². The van der Waals surface area contributed by atoms with Crippen molar-refractivity contribution in [2.24, 2.45) is 0 Å². The van der Waals surface area contributed by atoms with Gasteiger partial charge in [-0.2, -0.15) is 0 Å².